The fourth-order valence-corrected chi connectivity index (χ4v) is 1.75. The largest absolute Gasteiger partial charge is 0.489 e. The third-order valence-electron chi connectivity index (χ3n) is 2.96. The quantitative estimate of drug-likeness (QED) is 0.408. The molecule has 0 atom stereocenters. The minimum Gasteiger partial charge on any atom is -0.489 e. The number of carbonyl (C=O) groups excluding carboxylic acids is 2. The molecule has 0 aliphatic carbocycles. The number of carbonyl (C=O) groups is 2. The van der Waals surface area contributed by atoms with Gasteiger partial charge in [0.15, 0.2) is 6.61 Å². The van der Waals surface area contributed by atoms with Crippen LogP contribution in [0.15, 0.2) is 30.4 Å². The monoisotopic (exact) mass is 375 g/mol. The average Bonchev–Trinajstić information content (AvgIpc) is 2.58. The van der Waals surface area contributed by atoms with E-state index in [1.807, 2.05) is 6.92 Å². The van der Waals surface area contributed by atoms with Gasteiger partial charge in [-0.25, -0.2) is 4.79 Å². The summed E-state index contributed by atoms with van der Waals surface area (Å²) in [5, 5.41) is 2.26. The number of methoxy groups -OCH3 is 1. The van der Waals surface area contributed by atoms with Crippen LogP contribution in [0.3, 0.4) is 0 Å². The first-order valence-corrected chi connectivity index (χ1v) is 7.74. The van der Waals surface area contributed by atoms with E-state index in [9.17, 15) is 22.8 Å². The van der Waals surface area contributed by atoms with E-state index >= 15 is 0 Å². The number of halogens is 3. The molecule has 0 aromatic heterocycles. The van der Waals surface area contributed by atoms with Crippen LogP contribution in [0.1, 0.15) is 18.9 Å². The Morgan fingerprint density at radius 3 is 2.58 bits per heavy atom. The highest BCUT2D eigenvalue weighted by atomic mass is 19.4. The number of rotatable bonds is 9. The number of allylic oxidation sites excluding steroid dienone is 1. The molecule has 0 unspecified atom stereocenters. The van der Waals surface area contributed by atoms with Crippen LogP contribution in [0.5, 0.6) is 5.75 Å². The van der Waals surface area contributed by atoms with Crippen LogP contribution >= 0.6 is 0 Å². The van der Waals surface area contributed by atoms with Gasteiger partial charge in [0.1, 0.15) is 12.4 Å². The summed E-state index contributed by atoms with van der Waals surface area (Å²) in [5.41, 5.74) is -1.13. The Morgan fingerprint density at radius 2 is 1.96 bits per heavy atom. The van der Waals surface area contributed by atoms with Crippen LogP contribution in [-0.2, 0) is 25.2 Å². The molecule has 0 spiro atoms. The Labute approximate surface area is 148 Å². The molecule has 0 saturated carbocycles. The zero-order chi connectivity index (χ0) is 19.6. The molecule has 1 rings (SSSR count). The number of benzene rings is 1. The lowest BCUT2D eigenvalue weighted by molar-refractivity contribution is -0.142. The highest BCUT2D eigenvalue weighted by molar-refractivity contribution is 5.95. The average molecular weight is 375 g/mol. The molecule has 144 valence electrons. The van der Waals surface area contributed by atoms with E-state index in [1.165, 1.54) is 7.11 Å². The van der Waals surface area contributed by atoms with Crippen LogP contribution in [0.25, 0.3) is 0 Å². The standard InChI is InChI=1S/C17H20F3NO5/c1-3-4-5-16(23)26-11-15(22)21-13-10-12(17(18,19)20)6-7-14(13)25-9-8-24-2/h4-7,10H,3,8-9,11H2,1-2H3,(H,21,22)/b5-4+. The zero-order valence-corrected chi connectivity index (χ0v) is 14.4. The van der Waals surface area contributed by atoms with Crippen LogP contribution < -0.4 is 10.1 Å². The van der Waals surface area contributed by atoms with Gasteiger partial charge < -0.3 is 19.5 Å². The topological polar surface area (TPSA) is 73.9 Å². The highest BCUT2D eigenvalue weighted by Crippen LogP contribution is 2.35. The smallest absolute Gasteiger partial charge is 0.416 e. The molecule has 26 heavy (non-hydrogen) atoms. The number of amides is 1. The SMILES string of the molecule is CC/C=C/C(=O)OCC(=O)Nc1cc(C(F)(F)F)ccc1OCCOC. The van der Waals surface area contributed by atoms with Gasteiger partial charge in [0.2, 0.25) is 0 Å². The van der Waals surface area contributed by atoms with E-state index in [2.05, 4.69) is 5.32 Å². The third kappa shape index (κ3) is 7.56. The second-order valence-electron chi connectivity index (χ2n) is 5.02. The van der Waals surface area contributed by atoms with Gasteiger partial charge in [-0.3, -0.25) is 4.79 Å². The summed E-state index contributed by atoms with van der Waals surface area (Å²) in [6.45, 7) is 1.48. The van der Waals surface area contributed by atoms with Crippen molar-refractivity contribution in [3.63, 3.8) is 0 Å². The predicted octanol–water partition coefficient (Wildman–Crippen LogP) is 3.18. The van der Waals surface area contributed by atoms with Crippen LogP contribution in [0.4, 0.5) is 18.9 Å². The van der Waals surface area contributed by atoms with Crippen molar-refractivity contribution in [2.45, 2.75) is 19.5 Å². The lowest BCUT2D eigenvalue weighted by Gasteiger charge is -2.15. The van der Waals surface area contributed by atoms with Crippen LogP contribution in [0.2, 0.25) is 0 Å². The second-order valence-corrected chi connectivity index (χ2v) is 5.02. The minimum absolute atomic E-state index is 0.0422. The molecule has 1 N–H and O–H groups in total. The fourth-order valence-electron chi connectivity index (χ4n) is 1.75. The lowest BCUT2D eigenvalue weighted by atomic mass is 10.1. The van der Waals surface area contributed by atoms with Gasteiger partial charge in [-0.2, -0.15) is 13.2 Å². The summed E-state index contributed by atoms with van der Waals surface area (Å²) in [4.78, 5) is 23.2. The maximum atomic E-state index is 12.9. The second kappa shape index (κ2) is 10.4. The first-order valence-electron chi connectivity index (χ1n) is 7.74. The Morgan fingerprint density at radius 1 is 1.23 bits per heavy atom. The summed E-state index contributed by atoms with van der Waals surface area (Å²) in [5.74, 6) is -1.47. The van der Waals surface area contributed by atoms with E-state index in [0.29, 0.717) is 6.42 Å². The molecule has 0 saturated heterocycles. The van der Waals surface area contributed by atoms with Crippen molar-refractivity contribution < 1.29 is 37.0 Å². The minimum atomic E-state index is -4.58. The normalized spacial score (nSPS) is 11.4. The molecule has 6 nitrogen and oxygen atoms in total. The fraction of sp³-hybridized carbons (Fsp3) is 0.412. The van der Waals surface area contributed by atoms with Gasteiger partial charge in [0.25, 0.3) is 5.91 Å². The number of alkyl halides is 3. The molecule has 1 amide bonds. The Kier molecular flexibility index (Phi) is 8.63. The van der Waals surface area contributed by atoms with Crippen molar-refractivity contribution >= 4 is 17.6 Å². The molecule has 0 bridgehead atoms. The number of hydrogen-bond acceptors (Lipinski definition) is 5. The summed E-state index contributed by atoms with van der Waals surface area (Å²) >= 11 is 0. The summed E-state index contributed by atoms with van der Waals surface area (Å²) in [6, 6.07) is 2.69. The van der Waals surface area contributed by atoms with Crippen molar-refractivity contribution in [2.75, 3.05) is 32.2 Å². The number of ether oxygens (including phenoxy) is 3. The molecule has 0 fully saturated rings. The molecule has 0 radical (unpaired) electrons. The van der Waals surface area contributed by atoms with Crippen molar-refractivity contribution in [3.8, 4) is 5.75 Å². The first kappa shape index (κ1) is 21.5. The predicted molar refractivity (Wildman–Crippen MR) is 87.8 cm³/mol. The van der Waals surface area contributed by atoms with Crippen molar-refractivity contribution in [1.82, 2.24) is 0 Å². The van der Waals surface area contributed by atoms with Gasteiger partial charge >= 0.3 is 12.1 Å². The Balaban J connectivity index is 2.83. The van der Waals surface area contributed by atoms with Gasteiger partial charge in [0.05, 0.1) is 17.9 Å². The summed E-state index contributed by atoms with van der Waals surface area (Å²) < 4.78 is 53.4. The highest BCUT2D eigenvalue weighted by Gasteiger charge is 2.31. The van der Waals surface area contributed by atoms with Gasteiger partial charge in [-0.15, -0.1) is 0 Å². The molecular formula is C17H20F3NO5. The first-order chi connectivity index (χ1) is 12.3. The van der Waals surface area contributed by atoms with Crippen LogP contribution in [-0.4, -0.2) is 38.8 Å². The Bertz CT molecular complexity index is 644. The van der Waals surface area contributed by atoms with Gasteiger partial charge in [0, 0.05) is 13.2 Å². The molecule has 1 aromatic rings. The van der Waals surface area contributed by atoms with Gasteiger partial charge in [-0.05, 0) is 24.6 Å². The van der Waals surface area contributed by atoms with Crippen molar-refractivity contribution in [3.05, 3.63) is 35.9 Å². The Hall–Kier alpha value is -2.55. The molecule has 1 aromatic carbocycles. The van der Waals surface area contributed by atoms with E-state index < -0.39 is 30.2 Å². The number of esters is 1. The van der Waals surface area contributed by atoms with E-state index in [0.717, 1.165) is 24.3 Å². The molecule has 0 aliphatic rings. The molecule has 0 heterocycles. The third-order valence-corrected chi connectivity index (χ3v) is 2.96. The maximum Gasteiger partial charge on any atom is 0.416 e. The van der Waals surface area contributed by atoms with E-state index in [4.69, 9.17) is 14.2 Å². The van der Waals surface area contributed by atoms with E-state index in [1.54, 1.807) is 6.08 Å². The van der Waals surface area contributed by atoms with Crippen LogP contribution in [0, 0.1) is 0 Å². The number of hydrogen-bond donors (Lipinski definition) is 1. The maximum absolute atomic E-state index is 12.9. The number of anilines is 1. The van der Waals surface area contributed by atoms with Crippen molar-refractivity contribution in [2.24, 2.45) is 0 Å². The van der Waals surface area contributed by atoms with Crippen molar-refractivity contribution in [1.29, 1.82) is 0 Å². The van der Waals surface area contributed by atoms with E-state index in [-0.39, 0.29) is 24.7 Å². The number of nitrogens with one attached hydrogen (secondary N) is 1. The summed E-state index contributed by atoms with van der Waals surface area (Å²) in [7, 11) is 1.44. The summed E-state index contributed by atoms with van der Waals surface area (Å²) in [6.07, 6.45) is -1.25. The molecular weight excluding hydrogens is 355 g/mol. The molecule has 0 aliphatic heterocycles. The van der Waals surface area contributed by atoms with Gasteiger partial charge in [-0.1, -0.05) is 13.0 Å². The zero-order valence-electron chi connectivity index (χ0n) is 14.4. The lowest BCUT2D eigenvalue weighted by Crippen LogP contribution is -2.21. The molecule has 9 heteroatoms.